The summed E-state index contributed by atoms with van der Waals surface area (Å²) in [6.45, 7) is 2.33. The van der Waals surface area contributed by atoms with Gasteiger partial charge >= 0.3 is 0 Å². The quantitative estimate of drug-likeness (QED) is 0.840. The molecular formula is C18H23ClN2O3. The van der Waals surface area contributed by atoms with Gasteiger partial charge in [-0.1, -0.05) is 29.8 Å². The van der Waals surface area contributed by atoms with E-state index in [0.717, 1.165) is 16.7 Å². The number of aryl methyl sites for hydroxylation is 1. The normalized spacial score (nSPS) is 11.2. The van der Waals surface area contributed by atoms with Crippen LogP contribution in [0.5, 0.6) is 11.5 Å². The Morgan fingerprint density at radius 3 is 2.38 bits per heavy atom. The van der Waals surface area contributed by atoms with Crippen LogP contribution in [-0.4, -0.2) is 20.1 Å². The van der Waals surface area contributed by atoms with E-state index in [1.807, 2.05) is 43.3 Å². The van der Waals surface area contributed by atoms with Crippen molar-refractivity contribution in [2.24, 2.45) is 5.73 Å². The molecule has 0 aliphatic rings. The van der Waals surface area contributed by atoms with Crippen LogP contribution in [0.25, 0.3) is 0 Å². The van der Waals surface area contributed by atoms with Gasteiger partial charge in [0.05, 0.1) is 14.2 Å². The third-order valence-electron chi connectivity index (χ3n) is 3.67. The van der Waals surface area contributed by atoms with E-state index in [-0.39, 0.29) is 18.3 Å². The van der Waals surface area contributed by atoms with E-state index < -0.39 is 6.04 Å². The molecular weight excluding hydrogens is 328 g/mol. The molecule has 2 aromatic carbocycles. The van der Waals surface area contributed by atoms with Gasteiger partial charge in [-0.05, 0) is 24.6 Å². The van der Waals surface area contributed by atoms with E-state index in [2.05, 4.69) is 5.32 Å². The molecule has 6 heteroatoms. The minimum atomic E-state index is -0.695. The molecule has 0 aliphatic carbocycles. The van der Waals surface area contributed by atoms with Crippen LogP contribution in [0.15, 0.2) is 42.5 Å². The summed E-state index contributed by atoms with van der Waals surface area (Å²) in [6, 6.07) is 12.4. The maximum atomic E-state index is 12.2. The lowest BCUT2D eigenvalue weighted by molar-refractivity contribution is -0.122. The lowest BCUT2D eigenvalue weighted by Crippen LogP contribution is -2.33. The van der Waals surface area contributed by atoms with Gasteiger partial charge in [0, 0.05) is 18.2 Å². The van der Waals surface area contributed by atoms with Gasteiger partial charge in [-0.15, -0.1) is 12.4 Å². The maximum absolute atomic E-state index is 12.2. The largest absolute Gasteiger partial charge is 0.497 e. The highest BCUT2D eigenvalue weighted by Crippen LogP contribution is 2.24. The number of halogens is 1. The molecule has 0 aliphatic heterocycles. The van der Waals surface area contributed by atoms with E-state index in [1.165, 1.54) is 0 Å². The molecule has 0 heterocycles. The highest BCUT2D eigenvalue weighted by Gasteiger charge is 2.16. The van der Waals surface area contributed by atoms with Crippen LogP contribution in [0, 0.1) is 6.92 Å². The fourth-order valence-electron chi connectivity index (χ4n) is 2.22. The standard InChI is InChI=1S/C18H22N2O3.ClH/c1-12-4-6-13(7-5-12)17(19)18(21)20-11-14-8-9-15(22-2)10-16(14)23-3;/h4-10,17H,11,19H2,1-3H3,(H,20,21);1H. The molecule has 0 fully saturated rings. The number of methoxy groups -OCH3 is 2. The molecule has 1 amide bonds. The molecule has 0 saturated heterocycles. The number of ether oxygens (including phenoxy) is 2. The Kier molecular flexibility index (Phi) is 7.55. The number of carbonyl (C=O) groups is 1. The molecule has 0 saturated carbocycles. The summed E-state index contributed by atoms with van der Waals surface area (Å²) in [6.07, 6.45) is 0. The zero-order valence-corrected chi connectivity index (χ0v) is 14.9. The van der Waals surface area contributed by atoms with Crippen LogP contribution in [0.2, 0.25) is 0 Å². The van der Waals surface area contributed by atoms with E-state index in [9.17, 15) is 4.79 Å². The van der Waals surface area contributed by atoms with Gasteiger partial charge in [-0.3, -0.25) is 4.79 Å². The first-order chi connectivity index (χ1) is 11.0. The molecule has 0 aromatic heterocycles. The molecule has 3 N–H and O–H groups in total. The van der Waals surface area contributed by atoms with E-state index in [1.54, 1.807) is 20.3 Å². The van der Waals surface area contributed by atoms with Crippen LogP contribution < -0.4 is 20.5 Å². The predicted molar refractivity (Wildman–Crippen MR) is 96.7 cm³/mol. The number of nitrogens with two attached hydrogens (primary N) is 1. The van der Waals surface area contributed by atoms with E-state index in [4.69, 9.17) is 15.2 Å². The first-order valence-electron chi connectivity index (χ1n) is 7.36. The minimum absolute atomic E-state index is 0. The van der Waals surface area contributed by atoms with Crippen molar-refractivity contribution < 1.29 is 14.3 Å². The molecule has 2 aromatic rings. The van der Waals surface area contributed by atoms with E-state index in [0.29, 0.717) is 18.0 Å². The van der Waals surface area contributed by atoms with Gasteiger partial charge in [0.2, 0.25) is 5.91 Å². The fourth-order valence-corrected chi connectivity index (χ4v) is 2.22. The van der Waals surface area contributed by atoms with Crippen LogP contribution in [0.1, 0.15) is 22.7 Å². The van der Waals surface area contributed by atoms with E-state index >= 15 is 0 Å². The SMILES string of the molecule is COc1ccc(CNC(=O)C(N)c2ccc(C)cc2)c(OC)c1.Cl. The Morgan fingerprint density at radius 2 is 1.79 bits per heavy atom. The van der Waals surface area contributed by atoms with Crippen molar-refractivity contribution in [3.05, 3.63) is 59.2 Å². The highest BCUT2D eigenvalue weighted by molar-refractivity contribution is 5.85. The van der Waals surface area contributed by atoms with Crippen molar-refractivity contribution >= 4 is 18.3 Å². The summed E-state index contributed by atoms with van der Waals surface area (Å²) < 4.78 is 10.5. The van der Waals surface area contributed by atoms with Crippen molar-refractivity contribution in [1.82, 2.24) is 5.32 Å². The average molecular weight is 351 g/mol. The second-order valence-corrected chi connectivity index (χ2v) is 5.28. The third-order valence-corrected chi connectivity index (χ3v) is 3.67. The average Bonchev–Trinajstić information content (AvgIpc) is 2.59. The summed E-state index contributed by atoms with van der Waals surface area (Å²) in [5.74, 6) is 1.13. The van der Waals surface area contributed by atoms with Crippen molar-refractivity contribution in [3.8, 4) is 11.5 Å². The molecule has 5 nitrogen and oxygen atoms in total. The second-order valence-electron chi connectivity index (χ2n) is 5.28. The van der Waals surface area contributed by atoms with Gasteiger partial charge in [-0.25, -0.2) is 0 Å². The smallest absolute Gasteiger partial charge is 0.241 e. The van der Waals surface area contributed by atoms with Crippen molar-refractivity contribution in [2.75, 3.05) is 14.2 Å². The Hall–Kier alpha value is -2.24. The van der Waals surface area contributed by atoms with Gasteiger partial charge in [-0.2, -0.15) is 0 Å². The molecule has 130 valence electrons. The van der Waals surface area contributed by atoms with Gasteiger partial charge in [0.15, 0.2) is 0 Å². The number of benzene rings is 2. The maximum Gasteiger partial charge on any atom is 0.241 e. The third kappa shape index (κ3) is 4.88. The zero-order valence-electron chi connectivity index (χ0n) is 14.0. The fraction of sp³-hybridized carbons (Fsp3) is 0.278. The Morgan fingerprint density at radius 1 is 1.12 bits per heavy atom. The summed E-state index contributed by atoms with van der Waals surface area (Å²) in [4.78, 5) is 12.2. The number of hydrogen-bond acceptors (Lipinski definition) is 4. The topological polar surface area (TPSA) is 73.6 Å². The number of amides is 1. The first kappa shape index (κ1) is 19.8. The van der Waals surface area contributed by atoms with Gasteiger partial charge < -0.3 is 20.5 Å². The summed E-state index contributed by atoms with van der Waals surface area (Å²) >= 11 is 0. The monoisotopic (exact) mass is 350 g/mol. The van der Waals surface area contributed by atoms with Crippen molar-refractivity contribution in [3.63, 3.8) is 0 Å². The van der Waals surface area contributed by atoms with Crippen LogP contribution in [0.4, 0.5) is 0 Å². The predicted octanol–water partition coefficient (Wildman–Crippen LogP) is 2.75. The van der Waals surface area contributed by atoms with Crippen LogP contribution in [0.3, 0.4) is 0 Å². The molecule has 1 atom stereocenters. The van der Waals surface area contributed by atoms with Gasteiger partial charge in [0.25, 0.3) is 0 Å². The number of rotatable bonds is 6. The van der Waals surface area contributed by atoms with Crippen LogP contribution in [-0.2, 0) is 11.3 Å². The Labute approximate surface area is 148 Å². The Balaban J connectivity index is 0.00000288. The van der Waals surface area contributed by atoms with Crippen molar-refractivity contribution in [2.45, 2.75) is 19.5 Å². The van der Waals surface area contributed by atoms with Crippen LogP contribution >= 0.6 is 12.4 Å². The lowest BCUT2D eigenvalue weighted by Gasteiger charge is -2.15. The molecule has 1 unspecified atom stereocenters. The van der Waals surface area contributed by atoms with Gasteiger partial charge in [0.1, 0.15) is 17.5 Å². The first-order valence-corrected chi connectivity index (χ1v) is 7.36. The molecule has 0 bridgehead atoms. The summed E-state index contributed by atoms with van der Waals surface area (Å²) in [5.41, 5.74) is 8.78. The molecule has 0 radical (unpaired) electrons. The number of carbonyl (C=O) groups excluding carboxylic acids is 1. The molecule has 24 heavy (non-hydrogen) atoms. The minimum Gasteiger partial charge on any atom is -0.497 e. The number of nitrogens with one attached hydrogen (secondary N) is 1. The highest BCUT2D eigenvalue weighted by atomic mass is 35.5. The molecule has 0 spiro atoms. The number of hydrogen-bond donors (Lipinski definition) is 2. The summed E-state index contributed by atoms with van der Waals surface area (Å²) in [7, 11) is 3.18. The summed E-state index contributed by atoms with van der Waals surface area (Å²) in [5, 5.41) is 2.84. The second kappa shape index (κ2) is 9.15. The zero-order chi connectivity index (χ0) is 16.8. The Bertz CT molecular complexity index is 674. The van der Waals surface area contributed by atoms with Crippen molar-refractivity contribution in [1.29, 1.82) is 0 Å². The molecule has 2 rings (SSSR count). The lowest BCUT2D eigenvalue weighted by atomic mass is 10.1.